The highest BCUT2D eigenvalue weighted by Crippen LogP contribution is 2.31. The van der Waals surface area contributed by atoms with E-state index in [0.717, 1.165) is 0 Å². The molecule has 0 aliphatic rings. The maximum Gasteiger partial charge on any atom is 0.295 e. The first-order valence-electron chi connectivity index (χ1n) is 6.66. The number of benzene rings is 1. The van der Waals surface area contributed by atoms with Gasteiger partial charge >= 0.3 is 0 Å². The Labute approximate surface area is 142 Å². The summed E-state index contributed by atoms with van der Waals surface area (Å²) in [6.45, 7) is 1.62. The predicted octanol–water partition coefficient (Wildman–Crippen LogP) is 3.10. The molecule has 0 aliphatic carbocycles. The van der Waals surface area contributed by atoms with Crippen LogP contribution in [0.1, 0.15) is 5.89 Å². The summed E-state index contributed by atoms with van der Waals surface area (Å²) < 4.78 is 42.9. The minimum atomic E-state index is -3.99. The van der Waals surface area contributed by atoms with E-state index in [4.69, 9.17) is 25.2 Å². The highest BCUT2D eigenvalue weighted by atomic mass is 35.5. The number of nitrogens with zero attached hydrogens (tertiary/aromatic N) is 2. The average molecular weight is 370 g/mol. The molecule has 126 valence electrons. The highest BCUT2D eigenvalue weighted by Gasteiger charge is 2.22. The van der Waals surface area contributed by atoms with Crippen molar-refractivity contribution in [2.24, 2.45) is 0 Å². The molecule has 0 aliphatic heterocycles. The minimum Gasteiger partial charge on any atom is -0.495 e. The molecule has 24 heavy (non-hydrogen) atoms. The Bertz CT molecular complexity index is 980. The molecule has 3 aromatic rings. The molecule has 1 N–H and O–H groups in total. The first-order valence-corrected chi connectivity index (χ1v) is 8.52. The van der Waals surface area contributed by atoms with Gasteiger partial charge in [0, 0.05) is 11.9 Å². The normalized spacial score (nSPS) is 11.5. The molecule has 0 spiro atoms. The number of methoxy groups -OCH3 is 1. The van der Waals surface area contributed by atoms with E-state index >= 15 is 0 Å². The van der Waals surface area contributed by atoms with Crippen molar-refractivity contribution in [3.8, 4) is 17.4 Å². The van der Waals surface area contributed by atoms with Gasteiger partial charge in [0.1, 0.15) is 5.75 Å². The smallest absolute Gasteiger partial charge is 0.295 e. The third-order valence-corrected chi connectivity index (χ3v) is 4.46. The zero-order chi connectivity index (χ0) is 17.3. The van der Waals surface area contributed by atoms with Crippen LogP contribution < -0.4 is 9.46 Å². The fourth-order valence-corrected chi connectivity index (χ4v) is 3.10. The fraction of sp³-hybridized carbons (Fsp3) is 0.143. The summed E-state index contributed by atoms with van der Waals surface area (Å²) in [6.07, 6.45) is 0. The molecule has 0 bridgehead atoms. The van der Waals surface area contributed by atoms with Crippen molar-refractivity contribution in [2.45, 2.75) is 12.0 Å². The van der Waals surface area contributed by atoms with Gasteiger partial charge in [-0.15, -0.1) is 10.2 Å². The number of anilines is 1. The average Bonchev–Trinajstić information content (AvgIpc) is 3.16. The standard InChI is InChI=1S/C14H12ClN3O5S/c1-8-16-17-14(22-8)12-5-6-13(23-12)24(19,20)18-10-7-9(15)3-4-11(10)21-2/h3-7,18H,1-2H3. The zero-order valence-corrected chi connectivity index (χ0v) is 14.2. The van der Waals surface area contributed by atoms with Crippen LogP contribution >= 0.6 is 11.6 Å². The predicted molar refractivity (Wildman–Crippen MR) is 85.5 cm³/mol. The van der Waals surface area contributed by atoms with Gasteiger partial charge in [0.25, 0.3) is 15.9 Å². The molecule has 2 aromatic heterocycles. The van der Waals surface area contributed by atoms with E-state index in [2.05, 4.69) is 14.9 Å². The van der Waals surface area contributed by atoms with Crippen LogP contribution in [0.25, 0.3) is 11.7 Å². The Balaban J connectivity index is 1.92. The van der Waals surface area contributed by atoms with Gasteiger partial charge in [0.2, 0.25) is 11.0 Å². The summed E-state index contributed by atoms with van der Waals surface area (Å²) in [7, 11) is -2.57. The lowest BCUT2D eigenvalue weighted by atomic mass is 10.3. The lowest BCUT2D eigenvalue weighted by Gasteiger charge is -2.10. The van der Waals surface area contributed by atoms with Gasteiger partial charge in [-0.1, -0.05) is 11.6 Å². The van der Waals surface area contributed by atoms with Gasteiger partial charge < -0.3 is 13.6 Å². The number of nitrogens with one attached hydrogen (secondary N) is 1. The molecule has 2 heterocycles. The van der Waals surface area contributed by atoms with Gasteiger partial charge in [-0.25, -0.2) is 0 Å². The summed E-state index contributed by atoms with van der Waals surface area (Å²) in [4.78, 5) is 0. The Morgan fingerprint density at radius 3 is 2.62 bits per heavy atom. The maximum atomic E-state index is 12.5. The van der Waals surface area contributed by atoms with Gasteiger partial charge in [0.05, 0.1) is 12.8 Å². The Morgan fingerprint density at radius 2 is 1.96 bits per heavy atom. The fourth-order valence-electron chi connectivity index (χ4n) is 1.93. The molecule has 10 heteroatoms. The van der Waals surface area contributed by atoms with E-state index in [9.17, 15) is 8.42 Å². The van der Waals surface area contributed by atoms with E-state index in [1.54, 1.807) is 19.1 Å². The summed E-state index contributed by atoms with van der Waals surface area (Å²) in [5.41, 5.74) is 0.191. The lowest BCUT2D eigenvalue weighted by molar-refractivity contribution is 0.416. The molecule has 0 amide bonds. The van der Waals surface area contributed by atoms with Crippen LogP contribution in [0.15, 0.2) is 44.3 Å². The van der Waals surface area contributed by atoms with E-state index in [1.807, 2.05) is 0 Å². The summed E-state index contributed by atoms with van der Waals surface area (Å²) >= 11 is 5.89. The van der Waals surface area contributed by atoms with Crippen LogP contribution in [-0.2, 0) is 10.0 Å². The molecular weight excluding hydrogens is 358 g/mol. The van der Waals surface area contributed by atoms with Crippen LogP contribution in [0.5, 0.6) is 5.75 Å². The number of hydrogen-bond donors (Lipinski definition) is 1. The van der Waals surface area contributed by atoms with Gasteiger partial charge in [-0.2, -0.15) is 8.42 Å². The van der Waals surface area contributed by atoms with Crippen molar-refractivity contribution >= 4 is 27.3 Å². The van der Waals surface area contributed by atoms with Gasteiger partial charge in [-0.05, 0) is 30.3 Å². The second-order valence-corrected chi connectivity index (χ2v) is 6.74. The Hall–Kier alpha value is -2.52. The summed E-state index contributed by atoms with van der Waals surface area (Å²) in [5, 5.41) is 7.48. The number of hydrogen-bond acceptors (Lipinski definition) is 7. The third-order valence-electron chi connectivity index (χ3n) is 2.99. The maximum absolute atomic E-state index is 12.5. The monoisotopic (exact) mass is 369 g/mol. The molecule has 0 saturated heterocycles. The van der Waals surface area contributed by atoms with Crippen molar-refractivity contribution in [3.63, 3.8) is 0 Å². The van der Waals surface area contributed by atoms with Crippen molar-refractivity contribution in [1.82, 2.24) is 10.2 Å². The van der Waals surface area contributed by atoms with E-state index in [-0.39, 0.29) is 22.4 Å². The number of aromatic nitrogens is 2. The Kier molecular flexibility index (Phi) is 4.20. The van der Waals surface area contributed by atoms with Crippen LogP contribution in [-0.4, -0.2) is 25.7 Å². The number of sulfonamides is 1. The number of ether oxygens (including phenoxy) is 1. The molecule has 0 radical (unpaired) electrons. The van der Waals surface area contributed by atoms with Crippen LogP contribution in [0, 0.1) is 6.92 Å². The third kappa shape index (κ3) is 3.22. The van der Waals surface area contributed by atoms with Crippen molar-refractivity contribution < 1.29 is 22.0 Å². The number of aryl methyl sites for hydroxylation is 1. The molecule has 1 aromatic carbocycles. The molecular formula is C14H12ClN3O5S. The minimum absolute atomic E-state index is 0.0919. The largest absolute Gasteiger partial charge is 0.495 e. The first kappa shape index (κ1) is 16.3. The SMILES string of the molecule is COc1ccc(Cl)cc1NS(=O)(=O)c1ccc(-c2nnc(C)o2)o1. The van der Waals surface area contributed by atoms with Crippen molar-refractivity contribution in [2.75, 3.05) is 11.8 Å². The van der Waals surface area contributed by atoms with Crippen LogP contribution in [0.2, 0.25) is 5.02 Å². The molecule has 3 rings (SSSR count). The highest BCUT2D eigenvalue weighted by molar-refractivity contribution is 7.92. The first-order chi connectivity index (χ1) is 11.4. The quantitative estimate of drug-likeness (QED) is 0.736. The van der Waals surface area contributed by atoms with Crippen molar-refractivity contribution in [1.29, 1.82) is 0 Å². The molecule has 8 nitrogen and oxygen atoms in total. The van der Waals surface area contributed by atoms with E-state index < -0.39 is 10.0 Å². The summed E-state index contributed by atoms with van der Waals surface area (Å²) in [5.74, 6) is 0.901. The van der Waals surface area contributed by atoms with E-state index in [1.165, 1.54) is 25.3 Å². The number of furan rings is 1. The zero-order valence-electron chi connectivity index (χ0n) is 12.6. The molecule has 0 saturated carbocycles. The molecule has 0 fully saturated rings. The second kappa shape index (κ2) is 6.17. The van der Waals surface area contributed by atoms with Crippen LogP contribution in [0.4, 0.5) is 5.69 Å². The topological polar surface area (TPSA) is 107 Å². The Morgan fingerprint density at radius 1 is 1.17 bits per heavy atom. The van der Waals surface area contributed by atoms with Gasteiger partial charge in [0.15, 0.2) is 5.76 Å². The number of rotatable bonds is 5. The second-order valence-electron chi connectivity index (χ2n) is 4.70. The summed E-state index contributed by atoms with van der Waals surface area (Å²) in [6, 6.07) is 7.28. The van der Waals surface area contributed by atoms with E-state index in [0.29, 0.717) is 16.7 Å². The molecule has 0 atom stereocenters. The van der Waals surface area contributed by atoms with Gasteiger partial charge in [-0.3, -0.25) is 4.72 Å². The van der Waals surface area contributed by atoms with Crippen LogP contribution in [0.3, 0.4) is 0 Å². The van der Waals surface area contributed by atoms with Crippen molar-refractivity contribution in [3.05, 3.63) is 41.2 Å². The number of halogens is 1. The lowest BCUT2D eigenvalue weighted by Crippen LogP contribution is -2.12. The molecule has 0 unspecified atom stereocenters.